The minimum absolute atomic E-state index is 0.0125. The van der Waals surface area contributed by atoms with E-state index in [0.717, 1.165) is 42.6 Å². The van der Waals surface area contributed by atoms with E-state index in [1.54, 1.807) is 0 Å². The summed E-state index contributed by atoms with van der Waals surface area (Å²) in [6, 6.07) is 18.7. The highest BCUT2D eigenvalue weighted by molar-refractivity contribution is 6.28. The van der Waals surface area contributed by atoms with Gasteiger partial charge in [0.2, 0.25) is 0 Å². The molecule has 0 fully saturated rings. The number of aryl methyl sites for hydroxylation is 2. The van der Waals surface area contributed by atoms with Gasteiger partial charge in [0.25, 0.3) is 0 Å². The van der Waals surface area contributed by atoms with Crippen LogP contribution in [0.25, 0.3) is 0 Å². The summed E-state index contributed by atoms with van der Waals surface area (Å²) < 4.78 is 54.1. The third-order valence-electron chi connectivity index (χ3n) is 7.15. The van der Waals surface area contributed by atoms with Crippen LogP contribution in [0.4, 0.5) is 24.7 Å². The minimum Gasteiger partial charge on any atom is -0.491 e. The van der Waals surface area contributed by atoms with Crippen molar-refractivity contribution >= 4 is 23.1 Å². The molecular weight excluding hydrogens is 617 g/mol. The molecule has 14 heteroatoms. The fourth-order valence-corrected chi connectivity index (χ4v) is 5.20. The molecule has 4 aromatic rings. The molecule has 1 N–H and O–H groups in total. The quantitative estimate of drug-likeness (QED) is 0.126. The molecule has 0 saturated carbocycles. The van der Waals surface area contributed by atoms with Gasteiger partial charge in [0, 0.05) is 25.3 Å². The number of aliphatic hydroxyl groups excluding tert-OH is 1. The van der Waals surface area contributed by atoms with Gasteiger partial charge in [-0.25, -0.2) is 0 Å². The fourth-order valence-electron chi connectivity index (χ4n) is 4.98. The van der Waals surface area contributed by atoms with Crippen LogP contribution in [-0.2, 0) is 19.5 Å². The molecule has 0 radical (unpaired) electrons. The Kier molecular flexibility index (Phi) is 9.99. The molecule has 0 unspecified atom stereocenters. The smallest absolute Gasteiger partial charge is 0.491 e. The second kappa shape index (κ2) is 14.1. The van der Waals surface area contributed by atoms with Crippen molar-refractivity contribution in [1.82, 2.24) is 9.55 Å². The molecule has 0 saturated heterocycles. The fraction of sp³-hybridized carbons (Fsp3) is 0.323. The Labute approximate surface area is 261 Å². The van der Waals surface area contributed by atoms with Crippen LogP contribution in [0.15, 0.2) is 72.9 Å². The Morgan fingerprint density at radius 1 is 1.00 bits per heavy atom. The molecule has 0 aliphatic carbocycles. The molecule has 1 aliphatic rings. The highest BCUT2D eigenvalue weighted by Crippen LogP contribution is 2.32. The number of aromatic nitrogens is 2. The molecule has 2 heterocycles. The number of imidazole rings is 1. The number of alkyl halides is 3. The number of rotatable bonds is 12. The van der Waals surface area contributed by atoms with Crippen LogP contribution in [0.3, 0.4) is 0 Å². The summed E-state index contributed by atoms with van der Waals surface area (Å²) in [6.07, 6.45) is -1.12. The van der Waals surface area contributed by atoms with E-state index >= 15 is 0 Å². The molecular formula is C31H30ClF3N4O6. The normalized spacial score (nSPS) is 13.9. The van der Waals surface area contributed by atoms with Gasteiger partial charge in [-0.1, -0.05) is 12.1 Å². The van der Waals surface area contributed by atoms with Crippen LogP contribution >= 0.6 is 11.6 Å². The van der Waals surface area contributed by atoms with Crippen LogP contribution in [0.1, 0.15) is 30.4 Å². The zero-order chi connectivity index (χ0) is 32.0. The molecule has 1 atom stereocenters. The first-order valence-corrected chi connectivity index (χ1v) is 14.6. The van der Waals surface area contributed by atoms with Gasteiger partial charge in [0.15, 0.2) is 0 Å². The number of halogens is 4. The number of nitrogens with zero attached hydrogens (tertiary/aromatic N) is 4. The van der Waals surface area contributed by atoms with Crippen LogP contribution in [0, 0.1) is 10.1 Å². The maximum absolute atomic E-state index is 12.4. The standard InChI is InChI=1S/C31H30ClF3N4O6/c32-30-36-29(39(41)42)19-38(30)16-14-23(40)20-43-27-12-13-28-22(17-27)3-1-2-15-37(28)18-21-4-6-24(7-5-21)44-25-8-10-26(11-9-25)45-31(33,34)35/h4-13,17,19,23,40H,1-3,14-16,18,20H2/t23-/m1/s1. The number of hydrogen-bond donors (Lipinski definition) is 1. The number of ether oxygens (including phenoxy) is 3. The minimum atomic E-state index is -4.75. The van der Waals surface area contributed by atoms with Crippen LogP contribution in [0.5, 0.6) is 23.0 Å². The largest absolute Gasteiger partial charge is 0.573 e. The van der Waals surface area contributed by atoms with Crippen molar-refractivity contribution in [2.75, 3.05) is 18.1 Å². The van der Waals surface area contributed by atoms with Gasteiger partial charge in [-0.3, -0.25) is 4.57 Å². The summed E-state index contributed by atoms with van der Waals surface area (Å²) in [5.74, 6) is 0.922. The van der Waals surface area contributed by atoms with E-state index in [0.29, 0.717) is 23.8 Å². The second-order valence-corrected chi connectivity index (χ2v) is 10.8. The summed E-state index contributed by atoms with van der Waals surface area (Å²) in [5.41, 5.74) is 3.32. The van der Waals surface area contributed by atoms with E-state index in [2.05, 4.69) is 14.6 Å². The Morgan fingerprint density at radius 2 is 1.67 bits per heavy atom. The van der Waals surface area contributed by atoms with E-state index in [-0.39, 0.29) is 36.4 Å². The number of nitro groups is 1. The summed E-state index contributed by atoms with van der Waals surface area (Å²) in [7, 11) is 0. The Hall–Kier alpha value is -4.49. The van der Waals surface area contributed by atoms with Crippen molar-refractivity contribution in [2.45, 2.75) is 51.2 Å². The molecule has 3 aromatic carbocycles. The third kappa shape index (κ3) is 9.02. The lowest BCUT2D eigenvalue weighted by Gasteiger charge is -2.25. The number of benzene rings is 3. The van der Waals surface area contributed by atoms with Gasteiger partial charge in [-0.15, -0.1) is 13.2 Å². The first kappa shape index (κ1) is 31.9. The first-order valence-electron chi connectivity index (χ1n) is 14.2. The number of aliphatic hydroxyl groups is 1. The topological polar surface area (TPSA) is 112 Å². The lowest BCUT2D eigenvalue weighted by atomic mass is 10.1. The average Bonchev–Trinajstić information content (AvgIpc) is 3.26. The lowest BCUT2D eigenvalue weighted by molar-refractivity contribution is -0.389. The molecule has 0 spiro atoms. The Balaban J connectivity index is 1.15. The van der Waals surface area contributed by atoms with E-state index in [1.165, 1.54) is 35.0 Å². The van der Waals surface area contributed by atoms with Gasteiger partial charge < -0.3 is 34.3 Å². The maximum Gasteiger partial charge on any atom is 0.573 e. The van der Waals surface area contributed by atoms with Crippen LogP contribution in [0.2, 0.25) is 5.28 Å². The number of anilines is 1. The van der Waals surface area contributed by atoms with E-state index in [1.807, 2.05) is 42.5 Å². The van der Waals surface area contributed by atoms with Gasteiger partial charge >= 0.3 is 17.5 Å². The summed E-state index contributed by atoms with van der Waals surface area (Å²) >= 11 is 5.94. The zero-order valence-electron chi connectivity index (χ0n) is 24.0. The van der Waals surface area contributed by atoms with Crippen molar-refractivity contribution < 1.29 is 37.4 Å². The predicted octanol–water partition coefficient (Wildman–Crippen LogP) is 7.31. The van der Waals surface area contributed by atoms with Gasteiger partial charge in [-0.2, -0.15) is 0 Å². The van der Waals surface area contributed by atoms with Crippen molar-refractivity contribution in [3.8, 4) is 23.0 Å². The lowest BCUT2D eigenvalue weighted by Crippen LogP contribution is -2.23. The first-order chi connectivity index (χ1) is 21.5. The van der Waals surface area contributed by atoms with E-state index < -0.39 is 17.4 Å². The molecule has 238 valence electrons. The summed E-state index contributed by atoms with van der Waals surface area (Å²) in [4.78, 5) is 16.2. The van der Waals surface area contributed by atoms with Gasteiger partial charge in [0.05, 0.1) is 6.10 Å². The summed E-state index contributed by atoms with van der Waals surface area (Å²) in [5, 5.41) is 21.3. The second-order valence-electron chi connectivity index (χ2n) is 10.5. The third-order valence-corrected chi connectivity index (χ3v) is 7.46. The average molecular weight is 647 g/mol. The van der Waals surface area contributed by atoms with Gasteiger partial charge in [-0.05, 0) is 113 Å². The molecule has 10 nitrogen and oxygen atoms in total. The van der Waals surface area contributed by atoms with Crippen LogP contribution in [-0.4, -0.2) is 45.2 Å². The SMILES string of the molecule is O=[N+]([O-])c1cn(CC[C@@H](O)COc2ccc3c(c2)CCCCN3Cc2ccc(Oc3ccc(OC(F)(F)F)cc3)cc2)c(Cl)n1. The molecule has 45 heavy (non-hydrogen) atoms. The van der Waals surface area contributed by atoms with Crippen molar-refractivity contribution in [2.24, 2.45) is 0 Å². The van der Waals surface area contributed by atoms with Crippen molar-refractivity contribution in [3.05, 3.63) is 99.5 Å². The molecule has 0 bridgehead atoms. The van der Waals surface area contributed by atoms with E-state index in [4.69, 9.17) is 21.1 Å². The predicted molar refractivity (Wildman–Crippen MR) is 160 cm³/mol. The molecule has 1 aromatic heterocycles. The molecule has 0 amide bonds. The number of fused-ring (bicyclic) bond motifs is 1. The summed E-state index contributed by atoms with van der Waals surface area (Å²) in [6.45, 7) is 1.86. The maximum atomic E-state index is 12.4. The van der Waals surface area contributed by atoms with E-state index in [9.17, 15) is 28.4 Å². The highest BCUT2D eigenvalue weighted by Gasteiger charge is 2.31. The van der Waals surface area contributed by atoms with Crippen molar-refractivity contribution in [3.63, 3.8) is 0 Å². The van der Waals surface area contributed by atoms with Crippen molar-refractivity contribution in [1.29, 1.82) is 0 Å². The highest BCUT2D eigenvalue weighted by atomic mass is 35.5. The molecule has 5 rings (SSSR count). The Morgan fingerprint density at radius 3 is 2.33 bits per heavy atom. The Bertz CT molecular complexity index is 1600. The zero-order valence-corrected chi connectivity index (χ0v) is 24.7. The number of hydrogen-bond acceptors (Lipinski definition) is 8. The monoisotopic (exact) mass is 646 g/mol. The molecule has 1 aliphatic heterocycles. The van der Waals surface area contributed by atoms with Gasteiger partial charge in [0.1, 0.15) is 35.8 Å². The van der Waals surface area contributed by atoms with Crippen LogP contribution < -0.4 is 19.1 Å².